The molecule has 2 aromatic rings. The smallest absolute Gasteiger partial charge is 0.123 e. The third-order valence-electron chi connectivity index (χ3n) is 3.16. The first-order chi connectivity index (χ1) is 9.11. The molecule has 0 aliphatic heterocycles. The summed E-state index contributed by atoms with van der Waals surface area (Å²) in [6.07, 6.45) is 2.16. The van der Waals surface area contributed by atoms with Crippen molar-refractivity contribution >= 4 is 21.4 Å². The molecule has 104 valence electrons. The lowest BCUT2D eigenvalue weighted by molar-refractivity contribution is 0.626. The van der Waals surface area contributed by atoms with E-state index >= 15 is 0 Å². The van der Waals surface area contributed by atoms with Gasteiger partial charge < -0.3 is 5.32 Å². The zero-order chi connectivity index (χ0) is 13.8. The molecule has 0 unspecified atom stereocenters. The highest BCUT2D eigenvalue weighted by Gasteiger charge is 2.13. The molecular weight excluding hydrogens is 257 g/mol. The van der Waals surface area contributed by atoms with Crippen molar-refractivity contribution in [3.05, 3.63) is 34.5 Å². The molecular formula is C16H22FNS. The summed E-state index contributed by atoms with van der Waals surface area (Å²) in [5.41, 5.74) is 1.33. The second-order valence-electron chi connectivity index (χ2n) is 5.42. The molecule has 0 aliphatic carbocycles. The molecule has 0 atom stereocenters. The number of fused-ring (bicyclic) bond motifs is 1. The molecule has 3 heteroatoms. The van der Waals surface area contributed by atoms with E-state index in [2.05, 4.69) is 26.1 Å². The molecule has 0 saturated heterocycles. The van der Waals surface area contributed by atoms with Crippen molar-refractivity contribution in [2.45, 2.75) is 40.2 Å². The van der Waals surface area contributed by atoms with E-state index < -0.39 is 0 Å². The fourth-order valence-electron chi connectivity index (χ4n) is 2.33. The van der Waals surface area contributed by atoms with Crippen LogP contribution in [0.25, 0.3) is 10.1 Å². The predicted molar refractivity (Wildman–Crippen MR) is 82.3 cm³/mol. The number of thiophene rings is 1. The number of hydrogen-bond acceptors (Lipinski definition) is 2. The first-order valence-corrected chi connectivity index (χ1v) is 7.84. The van der Waals surface area contributed by atoms with Crippen LogP contribution in [-0.2, 0) is 13.0 Å². The molecule has 1 N–H and O–H groups in total. The largest absolute Gasteiger partial charge is 0.312 e. The maximum atomic E-state index is 13.5. The van der Waals surface area contributed by atoms with Crippen LogP contribution in [0.4, 0.5) is 4.39 Å². The summed E-state index contributed by atoms with van der Waals surface area (Å²) in [6, 6.07) is 5.15. The van der Waals surface area contributed by atoms with Gasteiger partial charge in [-0.25, -0.2) is 4.39 Å². The summed E-state index contributed by atoms with van der Waals surface area (Å²) in [5, 5.41) is 4.56. The highest BCUT2D eigenvalue weighted by Crippen LogP contribution is 2.33. The van der Waals surface area contributed by atoms with Gasteiger partial charge in [0, 0.05) is 16.1 Å². The highest BCUT2D eigenvalue weighted by atomic mass is 32.1. The molecule has 0 spiro atoms. The van der Waals surface area contributed by atoms with Crippen LogP contribution in [0.15, 0.2) is 18.2 Å². The molecule has 0 radical (unpaired) electrons. The first kappa shape index (κ1) is 14.5. The predicted octanol–water partition coefficient (Wildman–Crippen LogP) is 4.74. The molecule has 2 rings (SSSR count). The van der Waals surface area contributed by atoms with Gasteiger partial charge in [0.2, 0.25) is 0 Å². The van der Waals surface area contributed by atoms with Crippen LogP contribution < -0.4 is 5.32 Å². The van der Waals surface area contributed by atoms with E-state index in [1.807, 2.05) is 6.07 Å². The molecule has 0 aliphatic rings. The van der Waals surface area contributed by atoms with Crippen molar-refractivity contribution < 1.29 is 4.39 Å². The number of hydrogen-bond donors (Lipinski definition) is 1. The maximum Gasteiger partial charge on any atom is 0.123 e. The van der Waals surface area contributed by atoms with Crippen molar-refractivity contribution in [3.63, 3.8) is 0 Å². The van der Waals surface area contributed by atoms with Crippen LogP contribution in [0.1, 0.15) is 37.6 Å². The Morgan fingerprint density at radius 1 is 1.32 bits per heavy atom. The van der Waals surface area contributed by atoms with Gasteiger partial charge in [0.15, 0.2) is 0 Å². The van der Waals surface area contributed by atoms with Gasteiger partial charge in [-0.1, -0.05) is 20.8 Å². The van der Waals surface area contributed by atoms with Gasteiger partial charge in [-0.2, -0.15) is 0 Å². The normalized spacial score (nSPS) is 11.6. The second kappa shape index (κ2) is 6.49. The van der Waals surface area contributed by atoms with Crippen molar-refractivity contribution in [1.82, 2.24) is 5.32 Å². The average molecular weight is 279 g/mol. The molecule has 1 aromatic heterocycles. The quantitative estimate of drug-likeness (QED) is 0.753. The van der Waals surface area contributed by atoms with E-state index in [1.165, 1.54) is 15.1 Å². The Morgan fingerprint density at radius 3 is 2.79 bits per heavy atom. The third kappa shape index (κ3) is 3.54. The third-order valence-corrected chi connectivity index (χ3v) is 4.37. The lowest BCUT2D eigenvalue weighted by atomic mass is 10.00. The number of halogens is 1. The molecule has 0 bridgehead atoms. The second-order valence-corrected chi connectivity index (χ2v) is 6.56. The molecule has 1 heterocycles. The van der Waals surface area contributed by atoms with E-state index in [-0.39, 0.29) is 5.82 Å². The molecule has 0 amide bonds. The molecule has 1 nitrogen and oxygen atoms in total. The number of rotatable bonds is 6. The van der Waals surface area contributed by atoms with E-state index in [4.69, 9.17) is 0 Å². The van der Waals surface area contributed by atoms with Gasteiger partial charge in [-0.3, -0.25) is 0 Å². The fraction of sp³-hybridized carbons (Fsp3) is 0.500. The summed E-state index contributed by atoms with van der Waals surface area (Å²) in [5.74, 6) is 0.453. The van der Waals surface area contributed by atoms with Crippen LogP contribution in [0, 0.1) is 11.7 Å². The lowest BCUT2D eigenvalue weighted by Crippen LogP contribution is -2.14. The summed E-state index contributed by atoms with van der Waals surface area (Å²) >= 11 is 1.80. The standard InChI is InChI=1S/C16H22FNS/c1-4-7-18-10-16-13(8-11(2)3)14-9-12(17)5-6-15(14)19-16/h5-6,9,11,18H,4,7-8,10H2,1-3H3. The average Bonchev–Trinajstić information content (AvgIpc) is 2.67. The first-order valence-electron chi connectivity index (χ1n) is 7.02. The lowest BCUT2D eigenvalue weighted by Gasteiger charge is -2.08. The zero-order valence-corrected chi connectivity index (χ0v) is 12.7. The van der Waals surface area contributed by atoms with Crippen LogP contribution in [0.2, 0.25) is 0 Å². The van der Waals surface area contributed by atoms with Gasteiger partial charge in [0.25, 0.3) is 0 Å². The Labute approximate surface area is 118 Å². The van der Waals surface area contributed by atoms with Crippen LogP contribution in [-0.4, -0.2) is 6.54 Å². The molecule has 19 heavy (non-hydrogen) atoms. The van der Waals surface area contributed by atoms with Gasteiger partial charge >= 0.3 is 0 Å². The molecule has 1 aromatic carbocycles. The highest BCUT2D eigenvalue weighted by molar-refractivity contribution is 7.19. The van der Waals surface area contributed by atoms with Crippen molar-refractivity contribution in [2.75, 3.05) is 6.54 Å². The summed E-state index contributed by atoms with van der Waals surface area (Å²) in [6.45, 7) is 8.53. The van der Waals surface area contributed by atoms with Crippen LogP contribution >= 0.6 is 11.3 Å². The Balaban J connectivity index is 2.37. The van der Waals surface area contributed by atoms with Gasteiger partial charge in [-0.05, 0) is 54.5 Å². The van der Waals surface area contributed by atoms with E-state index in [9.17, 15) is 4.39 Å². The summed E-state index contributed by atoms with van der Waals surface area (Å²) < 4.78 is 14.7. The van der Waals surface area contributed by atoms with Crippen molar-refractivity contribution in [3.8, 4) is 0 Å². The van der Waals surface area contributed by atoms with Crippen molar-refractivity contribution in [1.29, 1.82) is 0 Å². The SMILES string of the molecule is CCCNCc1sc2ccc(F)cc2c1CC(C)C. The molecule has 0 fully saturated rings. The fourth-order valence-corrected chi connectivity index (χ4v) is 3.51. The van der Waals surface area contributed by atoms with E-state index in [1.54, 1.807) is 23.5 Å². The van der Waals surface area contributed by atoms with E-state index in [0.29, 0.717) is 5.92 Å². The van der Waals surface area contributed by atoms with Crippen molar-refractivity contribution in [2.24, 2.45) is 5.92 Å². The minimum absolute atomic E-state index is 0.136. The van der Waals surface area contributed by atoms with Gasteiger partial charge in [-0.15, -0.1) is 11.3 Å². The zero-order valence-electron chi connectivity index (χ0n) is 11.9. The summed E-state index contributed by atoms with van der Waals surface area (Å²) in [4.78, 5) is 1.36. The Hall–Kier alpha value is -0.930. The number of benzene rings is 1. The minimum atomic E-state index is -0.136. The monoisotopic (exact) mass is 279 g/mol. The van der Waals surface area contributed by atoms with Gasteiger partial charge in [0.05, 0.1) is 0 Å². The van der Waals surface area contributed by atoms with Gasteiger partial charge in [0.1, 0.15) is 5.82 Å². The van der Waals surface area contributed by atoms with Crippen LogP contribution in [0.3, 0.4) is 0 Å². The number of nitrogens with one attached hydrogen (secondary N) is 1. The minimum Gasteiger partial charge on any atom is -0.312 e. The van der Waals surface area contributed by atoms with E-state index in [0.717, 1.165) is 31.3 Å². The van der Waals surface area contributed by atoms with Crippen LogP contribution in [0.5, 0.6) is 0 Å². The summed E-state index contributed by atoms with van der Waals surface area (Å²) in [7, 11) is 0. The maximum absolute atomic E-state index is 13.5. The Kier molecular flexibility index (Phi) is 4.94. The molecule has 0 saturated carbocycles. The topological polar surface area (TPSA) is 12.0 Å². The Morgan fingerprint density at radius 2 is 2.11 bits per heavy atom. The Bertz CT molecular complexity index is 545.